The molecule has 0 saturated carbocycles. The first-order valence-electron chi connectivity index (χ1n) is 10.1. The van der Waals surface area contributed by atoms with Gasteiger partial charge in [0.05, 0.1) is 5.52 Å². The van der Waals surface area contributed by atoms with Crippen molar-refractivity contribution in [2.75, 3.05) is 20.1 Å². The maximum absolute atomic E-state index is 14.9. The highest BCUT2D eigenvalue weighted by atomic mass is 19.1. The number of rotatable bonds is 7. The molecular weight excluding hydrogens is 422 g/mol. The molecule has 1 aliphatic rings. The summed E-state index contributed by atoms with van der Waals surface area (Å²) in [5.41, 5.74) is 5.57. The number of hydrazine groups is 1. The highest BCUT2D eigenvalue weighted by Gasteiger charge is 2.30. The van der Waals surface area contributed by atoms with Crippen LogP contribution in [0.4, 0.5) is 8.78 Å². The van der Waals surface area contributed by atoms with Gasteiger partial charge in [0.25, 0.3) is 17.4 Å². The molecule has 168 valence electrons. The van der Waals surface area contributed by atoms with E-state index < -0.39 is 23.2 Å². The molecule has 0 bridgehead atoms. The van der Waals surface area contributed by atoms with Crippen LogP contribution in [-0.4, -0.2) is 52.0 Å². The second-order valence-corrected chi connectivity index (χ2v) is 7.42. The Morgan fingerprint density at radius 1 is 1.25 bits per heavy atom. The standard InChI is InChI=1S/C21H22F2N6O3/c1-3-13-20(30)27-18-14(25-13)5-4-11(17(18)22)8-29-9-12(10-29)32-16-7-6-15(26-19(16)23)21(31)28-24-2/h4-7,12,24H,3,8-10H2,1-2H3,(H,27,30)(H,28,31). The van der Waals surface area contributed by atoms with Crippen molar-refractivity contribution in [3.8, 4) is 5.75 Å². The number of carbonyl (C=O) groups excluding carboxylic acids is 1. The summed E-state index contributed by atoms with van der Waals surface area (Å²) in [4.78, 5) is 36.0. The summed E-state index contributed by atoms with van der Waals surface area (Å²) < 4.78 is 34.7. The molecular formula is C21H22F2N6O3. The van der Waals surface area contributed by atoms with E-state index >= 15 is 0 Å². The van der Waals surface area contributed by atoms with Gasteiger partial charge in [-0.1, -0.05) is 13.0 Å². The number of fused-ring (bicyclic) bond motifs is 1. The first-order valence-corrected chi connectivity index (χ1v) is 10.1. The van der Waals surface area contributed by atoms with Crippen molar-refractivity contribution in [1.82, 2.24) is 30.7 Å². The Labute approximate surface area is 181 Å². The van der Waals surface area contributed by atoms with E-state index in [0.29, 0.717) is 42.8 Å². The third kappa shape index (κ3) is 4.30. The molecule has 0 atom stereocenters. The lowest BCUT2D eigenvalue weighted by Crippen LogP contribution is -2.53. The predicted octanol–water partition coefficient (Wildman–Crippen LogP) is 1.29. The number of amides is 1. The molecule has 1 fully saturated rings. The van der Waals surface area contributed by atoms with Gasteiger partial charge in [-0.15, -0.1) is 0 Å². The van der Waals surface area contributed by atoms with Crippen LogP contribution in [0.3, 0.4) is 0 Å². The highest BCUT2D eigenvalue weighted by Crippen LogP contribution is 2.24. The van der Waals surface area contributed by atoms with Crippen molar-refractivity contribution in [1.29, 1.82) is 0 Å². The Bertz CT molecular complexity index is 1230. The van der Waals surface area contributed by atoms with Gasteiger partial charge in [0.1, 0.15) is 23.0 Å². The quantitative estimate of drug-likeness (QED) is 0.372. The molecule has 32 heavy (non-hydrogen) atoms. The summed E-state index contributed by atoms with van der Waals surface area (Å²) in [6.07, 6.45) is 0.173. The van der Waals surface area contributed by atoms with Gasteiger partial charge in [0, 0.05) is 32.2 Å². The van der Waals surface area contributed by atoms with E-state index in [4.69, 9.17) is 4.74 Å². The third-order valence-electron chi connectivity index (χ3n) is 5.19. The van der Waals surface area contributed by atoms with Crippen LogP contribution in [0.1, 0.15) is 28.7 Å². The number of hydrogen-bond donors (Lipinski definition) is 3. The van der Waals surface area contributed by atoms with Crippen molar-refractivity contribution in [2.24, 2.45) is 0 Å². The fourth-order valence-electron chi connectivity index (χ4n) is 3.52. The minimum absolute atomic E-state index is 0.0529. The molecule has 11 heteroatoms. The molecule has 3 N–H and O–H groups in total. The molecule has 9 nitrogen and oxygen atoms in total. The average molecular weight is 444 g/mol. The number of H-pyrrole nitrogens is 1. The van der Waals surface area contributed by atoms with Crippen molar-refractivity contribution < 1.29 is 18.3 Å². The molecule has 1 amide bonds. The van der Waals surface area contributed by atoms with E-state index in [1.807, 2.05) is 11.8 Å². The number of hydrogen-bond acceptors (Lipinski definition) is 7. The number of pyridine rings is 1. The van der Waals surface area contributed by atoms with E-state index in [1.54, 1.807) is 12.1 Å². The number of aromatic amines is 1. The number of carbonyl (C=O) groups is 1. The second kappa shape index (κ2) is 8.97. The van der Waals surface area contributed by atoms with Crippen molar-refractivity contribution in [2.45, 2.75) is 26.0 Å². The monoisotopic (exact) mass is 444 g/mol. The number of ether oxygens (including phenoxy) is 1. The zero-order valence-corrected chi connectivity index (χ0v) is 17.5. The van der Waals surface area contributed by atoms with Crippen molar-refractivity contribution >= 4 is 16.9 Å². The molecule has 1 aromatic carbocycles. The SMILES string of the molecule is CCc1nc2ccc(CN3CC(Oc4ccc(C(=O)NNC)nc4F)C3)c(F)c2[nH]c1=O. The molecule has 0 spiro atoms. The van der Waals surface area contributed by atoms with Crippen LogP contribution in [0.25, 0.3) is 11.0 Å². The number of nitrogens with zero attached hydrogens (tertiary/aromatic N) is 3. The van der Waals surface area contributed by atoms with Gasteiger partial charge in [0.2, 0.25) is 0 Å². The van der Waals surface area contributed by atoms with E-state index in [1.165, 1.54) is 19.2 Å². The number of nitrogens with one attached hydrogen (secondary N) is 3. The number of benzene rings is 1. The summed E-state index contributed by atoms with van der Waals surface area (Å²) in [5.74, 6) is -2.00. The van der Waals surface area contributed by atoms with Gasteiger partial charge >= 0.3 is 0 Å². The summed E-state index contributed by atoms with van der Waals surface area (Å²) in [5, 5.41) is 0. The maximum atomic E-state index is 14.9. The van der Waals surface area contributed by atoms with Crippen LogP contribution in [0, 0.1) is 11.8 Å². The molecule has 2 aromatic heterocycles. The van der Waals surface area contributed by atoms with Crippen LogP contribution in [0.15, 0.2) is 29.1 Å². The van der Waals surface area contributed by atoms with Crippen LogP contribution >= 0.6 is 0 Å². The Kier molecular flexibility index (Phi) is 6.10. The summed E-state index contributed by atoms with van der Waals surface area (Å²) >= 11 is 0. The molecule has 3 heterocycles. The van der Waals surface area contributed by atoms with E-state index in [-0.39, 0.29) is 23.1 Å². The Hall–Kier alpha value is -3.44. The fourth-order valence-corrected chi connectivity index (χ4v) is 3.52. The number of aryl methyl sites for hydroxylation is 1. The minimum atomic E-state index is -0.879. The molecule has 0 unspecified atom stereocenters. The zero-order chi connectivity index (χ0) is 22.8. The van der Waals surface area contributed by atoms with E-state index in [2.05, 4.69) is 25.8 Å². The van der Waals surface area contributed by atoms with Crippen LogP contribution in [0.5, 0.6) is 5.75 Å². The molecule has 3 aromatic rings. The Morgan fingerprint density at radius 2 is 2.03 bits per heavy atom. The van der Waals surface area contributed by atoms with E-state index in [9.17, 15) is 18.4 Å². The second-order valence-electron chi connectivity index (χ2n) is 7.42. The molecule has 0 aliphatic carbocycles. The van der Waals surface area contributed by atoms with Crippen LogP contribution in [0.2, 0.25) is 0 Å². The topological polar surface area (TPSA) is 112 Å². The van der Waals surface area contributed by atoms with Gasteiger partial charge in [-0.25, -0.2) is 19.8 Å². The summed E-state index contributed by atoms with van der Waals surface area (Å²) in [6, 6.07) is 6.05. The van der Waals surface area contributed by atoms with Gasteiger partial charge in [0.15, 0.2) is 11.6 Å². The largest absolute Gasteiger partial charge is 0.483 e. The van der Waals surface area contributed by atoms with Gasteiger partial charge in [-0.3, -0.25) is 19.9 Å². The first kappa shape index (κ1) is 21.8. The normalized spacial score (nSPS) is 14.4. The lowest BCUT2D eigenvalue weighted by atomic mass is 10.1. The van der Waals surface area contributed by atoms with Crippen molar-refractivity contribution in [3.63, 3.8) is 0 Å². The number of aromatic nitrogens is 3. The first-order chi connectivity index (χ1) is 15.4. The fraction of sp³-hybridized carbons (Fsp3) is 0.333. The number of likely N-dealkylation sites (tertiary alicyclic amines) is 1. The Balaban J connectivity index is 1.38. The third-order valence-corrected chi connectivity index (χ3v) is 5.19. The Morgan fingerprint density at radius 3 is 2.72 bits per heavy atom. The van der Waals surface area contributed by atoms with Crippen LogP contribution < -0.4 is 21.1 Å². The number of halogens is 2. The lowest BCUT2D eigenvalue weighted by molar-refractivity contribution is 0.0112. The highest BCUT2D eigenvalue weighted by molar-refractivity contribution is 5.91. The van der Waals surface area contributed by atoms with Crippen LogP contribution in [-0.2, 0) is 13.0 Å². The maximum Gasteiger partial charge on any atom is 0.284 e. The summed E-state index contributed by atoms with van der Waals surface area (Å²) in [6.45, 7) is 3.04. The molecule has 0 radical (unpaired) electrons. The smallest absolute Gasteiger partial charge is 0.284 e. The zero-order valence-electron chi connectivity index (χ0n) is 17.5. The lowest BCUT2D eigenvalue weighted by Gasteiger charge is -2.39. The molecule has 1 aliphatic heterocycles. The van der Waals surface area contributed by atoms with Crippen molar-refractivity contribution in [3.05, 3.63) is 63.3 Å². The van der Waals surface area contributed by atoms with Gasteiger partial charge in [-0.2, -0.15) is 4.39 Å². The van der Waals surface area contributed by atoms with Gasteiger partial charge < -0.3 is 9.72 Å². The van der Waals surface area contributed by atoms with Gasteiger partial charge in [-0.05, 0) is 24.6 Å². The molecule has 1 saturated heterocycles. The summed E-state index contributed by atoms with van der Waals surface area (Å²) in [7, 11) is 1.51. The molecule has 4 rings (SSSR count). The predicted molar refractivity (Wildman–Crippen MR) is 112 cm³/mol. The minimum Gasteiger partial charge on any atom is -0.483 e. The average Bonchev–Trinajstić information content (AvgIpc) is 2.75. The van der Waals surface area contributed by atoms with E-state index in [0.717, 1.165) is 0 Å².